The van der Waals surface area contributed by atoms with Crippen LogP contribution in [0.15, 0.2) is 29.9 Å². The number of hydrogen-bond acceptors (Lipinski definition) is 2. The van der Waals surface area contributed by atoms with E-state index in [9.17, 15) is 0 Å². The summed E-state index contributed by atoms with van der Waals surface area (Å²) in [6.07, 6.45) is 3.28. The number of nitrogens with zero attached hydrogens (tertiary/aromatic N) is 3. The minimum absolute atomic E-state index is 0.378. The lowest BCUT2D eigenvalue weighted by molar-refractivity contribution is 0.769. The highest BCUT2D eigenvalue weighted by molar-refractivity contribution is 5.92. The van der Waals surface area contributed by atoms with Gasteiger partial charge in [-0.3, -0.25) is 4.68 Å². The first-order valence-electron chi connectivity index (χ1n) is 3.18. The van der Waals surface area contributed by atoms with E-state index in [1.165, 1.54) is 6.08 Å². The molecule has 0 aliphatic heterocycles. The molecule has 0 bridgehead atoms. The first kappa shape index (κ1) is 7.53. The molecule has 0 radical (unpaired) electrons. The fourth-order valence-corrected chi connectivity index (χ4v) is 0.640. The number of aryl methyl sites for hydroxylation is 1. The van der Waals surface area contributed by atoms with E-state index in [1.54, 1.807) is 16.9 Å². The van der Waals surface area contributed by atoms with Crippen LogP contribution in [0.2, 0.25) is 0 Å². The molecule has 0 amide bonds. The summed E-state index contributed by atoms with van der Waals surface area (Å²) < 4.78 is 1.66. The molecular weight excluding hydrogens is 140 g/mol. The maximum Gasteiger partial charge on any atom is 0.175 e. The second kappa shape index (κ2) is 3.01. The summed E-state index contributed by atoms with van der Waals surface area (Å²) in [7, 11) is 1.82. The zero-order valence-corrected chi connectivity index (χ0v) is 6.36. The molecule has 1 aromatic rings. The second-order valence-corrected chi connectivity index (χ2v) is 2.09. The van der Waals surface area contributed by atoms with E-state index in [-0.39, 0.29) is 0 Å². The molecule has 4 nitrogen and oxygen atoms in total. The van der Waals surface area contributed by atoms with Crippen LogP contribution in [0, 0.1) is 0 Å². The molecule has 1 rings (SSSR count). The Morgan fingerprint density at radius 3 is 3.09 bits per heavy atom. The average molecular weight is 150 g/mol. The highest BCUT2D eigenvalue weighted by Gasteiger charge is 1.91. The van der Waals surface area contributed by atoms with E-state index in [1.807, 2.05) is 7.05 Å². The summed E-state index contributed by atoms with van der Waals surface area (Å²) in [5.41, 5.74) is 5.40. The minimum Gasteiger partial charge on any atom is -0.384 e. The smallest absolute Gasteiger partial charge is 0.175 e. The first-order chi connectivity index (χ1) is 5.22. The van der Waals surface area contributed by atoms with Gasteiger partial charge in [-0.1, -0.05) is 6.58 Å². The molecule has 1 aromatic heterocycles. The van der Waals surface area contributed by atoms with Crippen molar-refractivity contribution < 1.29 is 0 Å². The predicted molar refractivity (Wildman–Crippen MR) is 44.7 cm³/mol. The highest BCUT2D eigenvalue weighted by Crippen LogP contribution is 2.04. The van der Waals surface area contributed by atoms with Gasteiger partial charge in [-0.2, -0.15) is 5.10 Å². The number of amidine groups is 1. The topological polar surface area (TPSA) is 56.2 Å². The van der Waals surface area contributed by atoms with Gasteiger partial charge >= 0.3 is 0 Å². The van der Waals surface area contributed by atoms with Crippen LogP contribution in [-0.2, 0) is 7.05 Å². The Morgan fingerprint density at radius 1 is 1.91 bits per heavy atom. The van der Waals surface area contributed by atoms with Gasteiger partial charge in [0.15, 0.2) is 5.82 Å². The van der Waals surface area contributed by atoms with Crippen LogP contribution >= 0.6 is 0 Å². The molecule has 58 valence electrons. The van der Waals surface area contributed by atoms with Crippen molar-refractivity contribution in [3.05, 3.63) is 24.9 Å². The van der Waals surface area contributed by atoms with Gasteiger partial charge in [0.25, 0.3) is 0 Å². The van der Waals surface area contributed by atoms with Gasteiger partial charge in [-0.25, -0.2) is 4.99 Å². The molecule has 0 aromatic carbocycles. The largest absolute Gasteiger partial charge is 0.384 e. The maximum atomic E-state index is 5.40. The fraction of sp³-hybridized carbons (Fsp3) is 0.143. The second-order valence-electron chi connectivity index (χ2n) is 2.09. The quantitative estimate of drug-likeness (QED) is 0.495. The number of hydrogen-bond donors (Lipinski definition) is 1. The average Bonchev–Trinajstić information content (AvgIpc) is 2.35. The zero-order valence-electron chi connectivity index (χ0n) is 6.36. The molecule has 0 saturated heterocycles. The molecule has 0 unspecified atom stereocenters. The van der Waals surface area contributed by atoms with E-state index in [4.69, 9.17) is 5.73 Å². The molecule has 2 N–H and O–H groups in total. The third kappa shape index (κ3) is 1.93. The van der Waals surface area contributed by atoms with Gasteiger partial charge in [0.1, 0.15) is 5.84 Å². The Morgan fingerprint density at radius 2 is 2.64 bits per heavy atom. The third-order valence-electron chi connectivity index (χ3n) is 1.15. The molecule has 0 saturated carbocycles. The Hall–Kier alpha value is -1.58. The third-order valence-corrected chi connectivity index (χ3v) is 1.15. The van der Waals surface area contributed by atoms with E-state index in [0.717, 1.165) is 0 Å². The van der Waals surface area contributed by atoms with Gasteiger partial charge < -0.3 is 5.73 Å². The number of nitrogens with two attached hydrogens (primary N) is 1. The highest BCUT2D eigenvalue weighted by atomic mass is 15.3. The summed E-state index contributed by atoms with van der Waals surface area (Å²) in [6.45, 7) is 3.47. The van der Waals surface area contributed by atoms with Crippen molar-refractivity contribution in [2.45, 2.75) is 0 Å². The molecule has 0 atom stereocenters. The van der Waals surface area contributed by atoms with Crippen LogP contribution in [-0.4, -0.2) is 15.6 Å². The Labute approximate surface area is 65.0 Å². The summed E-state index contributed by atoms with van der Waals surface area (Å²) in [5, 5.41) is 4.00. The lowest BCUT2D eigenvalue weighted by Gasteiger charge is -1.87. The molecule has 0 aliphatic carbocycles. The molecule has 4 heteroatoms. The van der Waals surface area contributed by atoms with Gasteiger partial charge in [-0.05, 0) is 6.08 Å². The van der Waals surface area contributed by atoms with Gasteiger partial charge in [0, 0.05) is 19.3 Å². The van der Waals surface area contributed by atoms with Crippen molar-refractivity contribution >= 4 is 11.7 Å². The monoisotopic (exact) mass is 150 g/mol. The summed E-state index contributed by atoms with van der Waals surface area (Å²) in [4.78, 5) is 3.94. The normalized spacial score (nSPS) is 11.5. The van der Waals surface area contributed by atoms with Crippen molar-refractivity contribution in [2.75, 3.05) is 0 Å². The van der Waals surface area contributed by atoms with Crippen LogP contribution < -0.4 is 5.73 Å². The molecular formula is C7H10N4. The van der Waals surface area contributed by atoms with Gasteiger partial charge in [0.05, 0.1) is 0 Å². The Bertz CT molecular complexity index is 284. The van der Waals surface area contributed by atoms with E-state index in [0.29, 0.717) is 11.7 Å². The van der Waals surface area contributed by atoms with Gasteiger partial charge in [0.2, 0.25) is 0 Å². The SMILES string of the molecule is C=CC(N)=Nc1ccn(C)n1. The molecule has 0 fully saturated rings. The molecule has 0 spiro atoms. The molecule has 1 heterocycles. The van der Waals surface area contributed by atoms with Crippen molar-refractivity contribution in [1.82, 2.24) is 9.78 Å². The first-order valence-corrected chi connectivity index (χ1v) is 3.18. The van der Waals surface area contributed by atoms with Crippen molar-refractivity contribution in [2.24, 2.45) is 17.8 Å². The summed E-state index contributed by atoms with van der Waals surface area (Å²) in [5.74, 6) is 0.980. The summed E-state index contributed by atoms with van der Waals surface area (Å²) >= 11 is 0. The Balaban J connectivity index is 2.86. The molecule has 0 aliphatic rings. The molecule has 11 heavy (non-hydrogen) atoms. The number of aromatic nitrogens is 2. The van der Waals surface area contributed by atoms with E-state index in [2.05, 4.69) is 16.7 Å². The lowest BCUT2D eigenvalue weighted by atomic mass is 10.5. The standard InChI is InChI=1S/C7H10N4/c1-3-6(8)9-7-4-5-11(2)10-7/h3-5H,1H2,2H3,(H2,8,9,10). The van der Waals surface area contributed by atoms with Crippen LogP contribution in [0.25, 0.3) is 0 Å². The van der Waals surface area contributed by atoms with Crippen LogP contribution in [0.3, 0.4) is 0 Å². The van der Waals surface area contributed by atoms with Crippen LogP contribution in [0.4, 0.5) is 5.82 Å². The van der Waals surface area contributed by atoms with Crippen molar-refractivity contribution in [1.29, 1.82) is 0 Å². The van der Waals surface area contributed by atoms with E-state index >= 15 is 0 Å². The predicted octanol–water partition coefficient (Wildman–Crippen LogP) is 0.595. The number of aliphatic imine (C=N–C) groups is 1. The number of rotatable bonds is 2. The summed E-state index contributed by atoms with van der Waals surface area (Å²) in [6, 6.07) is 1.77. The fourth-order valence-electron chi connectivity index (χ4n) is 0.640. The Kier molecular flexibility index (Phi) is 2.06. The van der Waals surface area contributed by atoms with Crippen molar-refractivity contribution in [3.8, 4) is 0 Å². The zero-order chi connectivity index (χ0) is 8.27. The van der Waals surface area contributed by atoms with Crippen LogP contribution in [0.1, 0.15) is 0 Å². The lowest BCUT2D eigenvalue weighted by Crippen LogP contribution is -2.05. The minimum atomic E-state index is 0.378. The van der Waals surface area contributed by atoms with E-state index < -0.39 is 0 Å². The van der Waals surface area contributed by atoms with Gasteiger partial charge in [-0.15, -0.1) is 0 Å². The maximum absolute atomic E-state index is 5.40. The van der Waals surface area contributed by atoms with Crippen molar-refractivity contribution in [3.63, 3.8) is 0 Å². The van der Waals surface area contributed by atoms with Crippen LogP contribution in [0.5, 0.6) is 0 Å².